The van der Waals surface area contributed by atoms with Gasteiger partial charge in [0.05, 0.1) is 0 Å². The Hall–Kier alpha value is -2.43. The number of rotatable bonds is 8. The second-order valence-electron chi connectivity index (χ2n) is 5.70. The number of carbonyl (C=O) groups is 1. The van der Waals surface area contributed by atoms with Gasteiger partial charge in [0.2, 0.25) is 0 Å². The summed E-state index contributed by atoms with van der Waals surface area (Å²) < 4.78 is 12.9. The van der Waals surface area contributed by atoms with Crippen molar-refractivity contribution in [2.75, 3.05) is 18.0 Å². The number of hydrogen-bond donors (Lipinski definition) is 1. The third-order valence-electron chi connectivity index (χ3n) is 3.69. The molecule has 0 saturated carbocycles. The summed E-state index contributed by atoms with van der Waals surface area (Å²) in [5.41, 5.74) is 1.44. The van der Waals surface area contributed by atoms with Crippen molar-refractivity contribution < 1.29 is 9.18 Å². The van der Waals surface area contributed by atoms with E-state index < -0.39 is 0 Å². The summed E-state index contributed by atoms with van der Waals surface area (Å²) in [6.07, 6.45) is 3.73. The zero-order valence-electron chi connectivity index (χ0n) is 14.3. The van der Waals surface area contributed by atoms with Crippen molar-refractivity contribution in [1.29, 1.82) is 0 Å². The molecule has 4 nitrogen and oxygen atoms in total. The molecule has 5 heteroatoms. The van der Waals surface area contributed by atoms with Gasteiger partial charge in [0.15, 0.2) is 0 Å². The largest absolute Gasteiger partial charge is 0.357 e. The summed E-state index contributed by atoms with van der Waals surface area (Å²) in [5.74, 6) is 0.389. The molecule has 0 bridgehead atoms. The highest BCUT2D eigenvalue weighted by Crippen LogP contribution is 2.14. The fraction of sp³-hybridized carbons (Fsp3) is 0.368. The number of amides is 1. The first kappa shape index (κ1) is 17.9. The lowest BCUT2D eigenvalue weighted by Gasteiger charge is -2.22. The van der Waals surface area contributed by atoms with E-state index in [1.165, 1.54) is 12.1 Å². The monoisotopic (exact) mass is 329 g/mol. The second-order valence-corrected chi connectivity index (χ2v) is 5.70. The first-order chi connectivity index (χ1) is 11.6. The Morgan fingerprint density at radius 1 is 1.12 bits per heavy atom. The maximum absolute atomic E-state index is 12.9. The highest BCUT2D eigenvalue weighted by Gasteiger charge is 2.11. The van der Waals surface area contributed by atoms with Crippen molar-refractivity contribution in [3.8, 4) is 0 Å². The number of pyridine rings is 1. The van der Waals surface area contributed by atoms with Gasteiger partial charge in [-0.3, -0.25) is 4.79 Å². The van der Waals surface area contributed by atoms with E-state index in [9.17, 15) is 9.18 Å². The van der Waals surface area contributed by atoms with Crippen LogP contribution in [-0.4, -0.2) is 24.0 Å². The summed E-state index contributed by atoms with van der Waals surface area (Å²) in [7, 11) is 0. The standard InChI is InChI=1S/C19H24FN3O/c1-3-11-23(12-4-2)18-13-16(9-10-21-18)19(24)22-14-15-5-7-17(20)8-6-15/h5-10,13H,3-4,11-12,14H2,1-2H3,(H,22,24). The van der Waals surface area contributed by atoms with Gasteiger partial charge in [-0.2, -0.15) is 0 Å². The number of nitrogens with one attached hydrogen (secondary N) is 1. The molecule has 2 rings (SSSR count). The molecule has 0 unspecified atom stereocenters. The first-order valence-corrected chi connectivity index (χ1v) is 8.37. The third-order valence-corrected chi connectivity index (χ3v) is 3.69. The maximum atomic E-state index is 12.9. The Bertz CT molecular complexity index is 652. The average molecular weight is 329 g/mol. The number of hydrogen-bond acceptors (Lipinski definition) is 3. The van der Waals surface area contributed by atoms with Crippen molar-refractivity contribution in [3.63, 3.8) is 0 Å². The molecule has 0 aliphatic heterocycles. The molecule has 128 valence electrons. The predicted molar refractivity (Wildman–Crippen MR) is 94.6 cm³/mol. The number of aromatic nitrogens is 1. The van der Waals surface area contributed by atoms with Crippen molar-refractivity contribution in [2.45, 2.75) is 33.2 Å². The summed E-state index contributed by atoms with van der Waals surface area (Å²) in [6.45, 7) is 6.46. The van der Waals surface area contributed by atoms with E-state index in [1.54, 1.807) is 24.4 Å². The number of benzene rings is 1. The molecule has 0 saturated heterocycles. The summed E-state index contributed by atoms with van der Waals surface area (Å²) in [4.78, 5) is 18.9. The van der Waals surface area contributed by atoms with Crippen LogP contribution in [0, 0.1) is 5.82 Å². The molecule has 1 amide bonds. The Kier molecular flexibility index (Phi) is 6.73. The van der Waals surface area contributed by atoms with Crippen LogP contribution in [0.3, 0.4) is 0 Å². The number of anilines is 1. The molecule has 1 heterocycles. The lowest BCUT2D eigenvalue weighted by Crippen LogP contribution is -2.27. The molecule has 0 aliphatic carbocycles. The van der Waals surface area contributed by atoms with Crippen LogP contribution >= 0.6 is 0 Å². The van der Waals surface area contributed by atoms with E-state index in [-0.39, 0.29) is 11.7 Å². The van der Waals surface area contributed by atoms with Gasteiger partial charge in [-0.15, -0.1) is 0 Å². The highest BCUT2D eigenvalue weighted by molar-refractivity contribution is 5.94. The minimum atomic E-state index is -0.282. The van der Waals surface area contributed by atoms with Gasteiger partial charge >= 0.3 is 0 Å². The van der Waals surface area contributed by atoms with E-state index in [4.69, 9.17) is 0 Å². The van der Waals surface area contributed by atoms with Gasteiger partial charge in [0.25, 0.3) is 5.91 Å². The molecule has 1 aromatic heterocycles. The van der Waals surface area contributed by atoms with E-state index >= 15 is 0 Å². The van der Waals surface area contributed by atoms with E-state index in [2.05, 4.69) is 29.0 Å². The van der Waals surface area contributed by atoms with Crippen molar-refractivity contribution in [3.05, 3.63) is 59.5 Å². The van der Waals surface area contributed by atoms with Gasteiger partial charge in [0, 0.05) is 31.4 Å². The van der Waals surface area contributed by atoms with Crippen molar-refractivity contribution in [1.82, 2.24) is 10.3 Å². The van der Waals surface area contributed by atoms with Crippen LogP contribution in [0.5, 0.6) is 0 Å². The van der Waals surface area contributed by atoms with Crippen LogP contribution in [-0.2, 0) is 6.54 Å². The number of nitrogens with zero attached hydrogens (tertiary/aromatic N) is 2. The first-order valence-electron chi connectivity index (χ1n) is 8.37. The van der Waals surface area contributed by atoms with Crippen LogP contribution in [0.4, 0.5) is 10.2 Å². The Labute approximate surface area is 142 Å². The zero-order valence-corrected chi connectivity index (χ0v) is 14.3. The molecule has 24 heavy (non-hydrogen) atoms. The van der Waals surface area contributed by atoms with Gasteiger partial charge in [-0.25, -0.2) is 9.37 Å². The van der Waals surface area contributed by atoms with Crippen LogP contribution in [0.1, 0.15) is 42.6 Å². The van der Waals surface area contributed by atoms with E-state index in [0.29, 0.717) is 12.1 Å². The Morgan fingerprint density at radius 2 is 1.79 bits per heavy atom. The molecular formula is C19H24FN3O. The molecule has 0 radical (unpaired) electrons. The molecule has 0 spiro atoms. The minimum Gasteiger partial charge on any atom is -0.357 e. The van der Waals surface area contributed by atoms with Crippen molar-refractivity contribution >= 4 is 11.7 Å². The Balaban J connectivity index is 2.03. The molecule has 1 N–H and O–H groups in total. The minimum absolute atomic E-state index is 0.157. The number of carbonyl (C=O) groups excluding carboxylic acids is 1. The van der Waals surface area contributed by atoms with Gasteiger partial charge in [-0.05, 0) is 42.7 Å². The SMILES string of the molecule is CCCN(CCC)c1cc(C(=O)NCc2ccc(F)cc2)ccn1. The molecule has 0 fully saturated rings. The second kappa shape index (κ2) is 9.01. The molecular weight excluding hydrogens is 305 g/mol. The lowest BCUT2D eigenvalue weighted by molar-refractivity contribution is 0.0951. The topological polar surface area (TPSA) is 45.2 Å². The summed E-state index contributed by atoms with van der Waals surface area (Å²) in [6, 6.07) is 9.64. The zero-order chi connectivity index (χ0) is 17.4. The molecule has 0 aliphatic rings. The average Bonchev–Trinajstić information content (AvgIpc) is 2.61. The third kappa shape index (κ3) is 5.05. The van der Waals surface area contributed by atoms with Gasteiger partial charge in [-0.1, -0.05) is 26.0 Å². The fourth-order valence-corrected chi connectivity index (χ4v) is 2.50. The Morgan fingerprint density at radius 3 is 2.42 bits per heavy atom. The summed E-state index contributed by atoms with van der Waals surface area (Å²) >= 11 is 0. The van der Waals surface area contributed by atoms with Gasteiger partial charge < -0.3 is 10.2 Å². The normalized spacial score (nSPS) is 10.5. The quantitative estimate of drug-likeness (QED) is 0.802. The molecule has 1 aromatic carbocycles. The highest BCUT2D eigenvalue weighted by atomic mass is 19.1. The smallest absolute Gasteiger partial charge is 0.251 e. The number of halogens is 1. The van der Waals surface area contributed by atoms with E-state index in [0.717, 1.165) is 37.3 Å². The molecule has 2 aromatic rings. The predicted octanol–water partition coefficient (Wildman–Crippen LogP) is 3.78. The van der Waals surface area contributed by atoms with Crippen LogP contribution in [0.15, 0.2) is 42.6 Å². The van der Waals surface area contributed by atoms with Crippen LogP contribution < -0.4 is 10.2 Å². The van der Waals surface area contributed by atoms with Crippen LogP contribution in [0.2, 0.25) is 0 Å². The lowest BCUT2D eigenvalue weighted by atomic mass is 10.2. The summed E-state index contributed by atoms with van der Waals surface area (Å²) in [5, 5.41) is 2.86. The fourth-order valence-electron chi connectivity index (χ4n) is 2.50. The van der Waals surface area contributed by atoms with Crippen LogP contribution in [0.25, 0.3) is 0 Å². The molecule has 0 atom stereocenters. The van der Waals surface area contributed by atoms with E-state index in [1.807, 2.05) is 6.07 Å². The van der Waals surface area contributed by atoms with Crippen molar-refractivity contribution in [2.24, 2.45) is 0 Å². The van der Waals surface area contributed by atoms with Gasteiger partial charge in [0.1, 0.15) is 11.6 Å². The maximum Gasteiger partial charge on any atom is 0.251 e.